The Kier molecular flexibility index (Phi) is 3.06. The van der Waals surface area contributed by atoms with E-state index in [0.717, 1.165) is 5.02 Å². The molecule has 2 rings (SSSR count). The van der Waals surface area contributed by atoms with Crippen LogP contribution in [-0.4, -0.2) is 0 Å². The molecule has 1 aliphatic rings. The molecular formula is C11H9Br2Cl. The van der Waals surface area contributed by atoms with E-state index in [1.165, 1.54) is 22.9 Å². The Morgan fingerprint density at radius 3 is 2.29 bits per heavy atom. The van der Waals surface area contributed by atoms with Crippen molar-refractivity contribution in [3.8, 4) is 0 Å². The van der Waals surface area contributed by atoms with Gasteiger partial charge in [-0.15, -0.1) is 0 Å². The van der Waals surface area contributed by atoms with Crippen molar-refractivity contribution in [3.05, 3.63) is 44.3 Å². The maximum atomic E-state index is 5.86. The molecule has 3 heteroatoms. The van der Waals surface area contributed by atoms with Gasteiger partial charge < -0.3 is 0 Å². The molecule has 74 valence electrons. The van der Waals surface area contributed by atoms with Crippen molar-refractivity contribution in [1.82, 2.24) is 0 Å². The maximum absolute atomic E-state index is 5.86. The summed E-state index contributed by atoms with van der Waals surface area (Å²) in [7, 11) is 0. The Labute approximate surface area is 106 Å². The normalized spacial score (nSPS) is 19.5. The van der Waals surface area contributed by atoms with Gasteiger partial charge in [-0.25, -0.2) is 0 Å². The summed E-state index contributed by atoms with van der Waals surface area (Å²) in [4.78, 5) is 1.95. The summed E-state index contributed by atoms with van der Waals surface area (Å²) in [5.74, 6) is 0. The van der Waals surface area contributed by atoms with Crippen molar-refractivity contribution >= 4 is 43.5 Å². The van der Waals surface area contributed by atoms with Crippen molar-refractivity contribution in [2.75, 3.05) is 0 Å². The largest absolute Gasteiger partial charge is 0.0843 e. The van der Waals surface area contributed by atoms with Gasteiger partial charge in [-0.2, -0.15) is 0 Å². The van der Waals surface area contributed by atoms with Crippen LogP contribution in [0.5, 0.6) is 0 Å². The van der Waals surface area contributed by atoms with E-state index < -0.39 is 0 Å². The van der Waals surface area contributed by atoms with E-state index in [1.807, 2.05) is 17.1 Å². The van der Waals surface area contributed by atoms with Crippen molar-refractivity contribution in [2.45, 2.75) is 18.3 Å². The molecule has 0 N–H and O–H groups in total. The molecule has 0 aromatic heterocycles. The zero-order valence-electron chi connectivity index (χ0n) is 7.43. The van der Waals surface area contributed by atoms with Crippen molar-refractivity contribution in [3.63, 3.8) is 0 Å². The van der Waals surface area contributed by atoms with Crippen LogP contribution in [-0.2, 0) is 5.41 Å². The summed E-state index contributed by atoms with van der Waals surface area (Å²) >= 11 is 12.8. The zero-order valence-corrected chi connectivity index (χ0v) is 11.4. The van der Waals surface area contributed by atoms with Crippen molar-refractivity contribution in [2.24, 2.45) is 0 Å². The van der Waals surface area contributed by atoms with Crippen LogP contribution in [0.25, 0.3) is 0 Å². The molecule has 0 bridgehead atoms. The highest BCUT2D eigenvalue weighted by Crippen LogP contribution is 2.56. The predicted octanol–water partition coefficient (Wildman–Crippen LogP) is 5.00. The van der Waals surface area contributed by atoms with Crippen LogP contribution in [0.15, 0.2) is 33.7 Å². The lowest BCUT2D eigenvalue weighted by Crippen LogP contribution is -2.05. The van der Waals surface area contributed by atoms with E-state index in [1.54, 1.807) is 0 Å². The molecule has 1 aliphatic carbocycles. The molecule has 0 saturated heterocycles. The molecule has 1 aromatic rings. The second-order valence-corrected chi connectivity index (χ2v) is 5.29. The molecule has 1 aromatic carbocycles. The van der Waals surface area contributed by atoms with Crippen LogP contribution in [0.2, 0.25) is 5.02 Å². The van der Waals surface area contributed by atoms with E-state index >= 15 is 0 Å². The van der Waals surface area contributed by atoms with Gasteiger partial charge in [0.05, 0.1) is 0 Å². The van der Waals surface area contributed by atoms with E-state index in [2.05, 4.69) is 44.0 Å². The summed E-state index contributed by atoms with van der Waals surface area (Å²) in [5, 5.41) is 0.795. The maximum Gasteiger partial charge on any atom is 0.0406 e. The van der Waals surface area contributed by atoms with Crippen LogP contribution in [0, 0.1) is 0 Å². The van der Waals surface area contributed by atoms with Gasteiger partial charge in [-0.1, -0.05) is 55.6 Å². The smallest absolute Gasteiger partial charge is 0.0406 e. The fourth-order valence-electron chi connectivity index (χ4n) is 1.66. The molecule has 0 nitrogen and oxygen atoms in total. The summed E-state index contributed by atoms with van der Waals surface area (Å²) < 4.78 is 1.22. The Bertz CT molecular complexity index is 363. The van der Waals surface area contributed by atoms with Crippen LogP contribution < -0.4 is 0 Å². The summed E-state index contributed by atoms with van der Waals surface area (Å²) in [6, 6.07) is 8.11. The second-order valence-electron chi connectivity index (χ2n) is 3.55. The Morgan fingerprint density at radius 2 is 1.86 bits per heavy atom. The second kappa shape index (κ2) is 3.99. The number of hydrogen-bond donors (Lipinski definition) is 0. The summed E-state index contributed by atoms with van der Waals surface area (Å²) in [6.45, 7) is 0. The lowest BCUT2D eigenvalue weighted by atomic mass is 9.96. The molecule has 1 saturated carbocycles. The number of hydrogen-bond acceptors (Lipinski definition) is 0. The van der Waals surface area contributed by atoms with Crippen LogP contribution >= 0.6 is 43.5 Å². The van der Waals surface area contributed by atoms with E-state index in [9.17, 15) is 0 Å². The Hall–Kier alpha value is 0.210. The van der Waals surface area contributed by atoms with Crippen LogP contribution in [0.4, 0.5) is 0 Å². The first-order valence-corrected chi connectivity index (χ1v) is 6.50. The number of halogens is 3. The van der Waals surface area contributed by atoms with Crippen LogP contribution in [0.3, 0.4) is 0 Å². The van der Waals surface area contributed by atoms with E-state index in [4.69, 9.17) is 11.6 Å². The minimum Gasteiger partial charge on any atom is -0.0843 e. The molecule has 0 spiro atoms. The average Bonchev–Trinajstić information content (AvgIpc) is 2.99. The molecule has 0 atom stereocenters. The Balaban J connectivity index is 2.36. The molecular weight excluding hydrogens is 327 g/mol. The standard InChI is InChI=1S/C11H9Br2Cl/c12-7-10(13)11(5-6-11)8-1-3-9(14)4-2-8/h1-4,7H,5-6H2/b10-7-. The molecule has 0 heterocycles. The third-order valence-corrected chi connectivity index (χ3v) is 5.01. The monoisotopic (exact) mass is 334 g/mol. The van der Waals surface area contributed by atoms with Crippen LogP contribution in [0.1, 0.15) is 18.4 Å². The minimum atomic E-state index is 0.216. The minimum absolute atomic E-state index is 0.216. The molecule has 14 heavy (non-hydrogen) atoms. The van der Waals surface area contributed by atoms with E-state index in [0.29, 0.717) is 0 Å². The SMILES string of the molecule is Clc1ccc(C2(/C(Br)=C/Br)CC2)cc1. The molecule has 0 radical (unpaired) electrons. The fraction of sp³-hybridized carbons (Fsp3) is 0.273. The quantitative estimate of drug-likeness (QED) is 0.713. The lowest BCUT2D eigenvalue weighted by molar-refractivity contribution is 0.882. The molecule has 0 unspecified atom stereocenters. The number of rotatable bonds is 2. The van der Waals surface area contributed by atoms with E-state index in [-0.39, 0.29) is 5.41 Å². The first-order valence-electron chi connectivity index (χ1n) is 4.41. The zero-order chi connectivity index (χ0) is 10.2. The van der Waals surface area contributed by atoms with Gasteiger partial charge in [-0.3, -0.25) is 0 Å². The number of allylic oxidation sites excluding steroid dienone is 1. The van der Waals surface area contributed by atoms with Gasteiger partial charge in [0.25, 0.3) is 0 Å². The highest BCUT2D eigenvalue weighted by atomic mass is 79.9. The molecule has 1 fully saturated rings. The molecule has 0 amide bonds. The summed E-state index contributed by atoms with van der Waals surface area (Å²) in [6.07, 6.45) is 2.41. The van der Waals surface area contributed by atoms with Gasteiger partial charge in [0.2, 0.25) is 0 Å². The fourth-order valence-corrected chi connectivity index (χ4v) is 2.85. The van der Waals surface area contributed by atoms with Gasteiger partial charge in [0.1, 0.15) is 0 Å². The number of benzene rings is 1. The third-order valence-electron chi connectivity index (χ3n) is 2.70. The Morgan fingerprint density at radius 1 is 1.29 bits per heavy atom. The van der Waals surface area contributed by atoms with Crippen molar-refractivity contribution in [1.29, 1.82) is 0 Å². The lowest BCUT2D eigenvalue weighted by Gasteiger charge is -2.14. The highest BCUT2D eigenvalue weighted by Gasteiger charge is 2.46. The topological polar surface area (TPSA) is 0 Å². The first-order chi connectivity index (χ1) is 6.69. The van der Waals surface area contributed by atoms with Gasteiger partial charge in [0, 0.05) is 14.9 Å². The van der Waals surface area contributed by atoms with Gasteiger partial charge >= 0.3 is 0 Å². The third kappa shape index (κ3) is 1.80. The average molecular weight is 336 g/mol. The summed E-state index contributed by atoms with van der Waals surface area (Å²) in [5.41, 5.74) is 1.55. The first kappa shape index (κ1) is 10.7. The van der Waals surface area contributed by atoms with Gasteiger partial charge in [-0.05, 0) is 35.5 Å². The van der Waals surface area contributed by atoms with Crippen molar-refractivity contribution < 1.29 is 0 Å². The molecule has 0 aliphatic heterocycles. The van der Waals surface area contributed by atoms with Gasteiger partial charge in [0.15, 0.2) is 0 Å². The predicted molar refractivity (Wildman–Crippen MR) is 68.3 cm³/mol. The highest BCUT2D eigenvalue weighted by molar-refractivity contribution is 9.14.